The number of amides is 1. The fourth-order valence-corrected chi connectivity index (χ4v) is 5.52. The molecule has 0 aliphatic carbocycles. The zero-order valence-corrected chi connectivity index (χ0v) is 25.2. The van der Waals surface area contributed by atoms with Gasteiger partial charge in [-0.3, -0.25) is 9.10 Å². The summed E-state index contributed by atoms with van der Waals surface area (Å²) >= 11 is 0. The molecule has 0 aliphatic heterocycles. The molecule has 0 radical (unpaired) electrons. The van der Waals surface area contributed by atoms with Gasteiger partial charge in [0, 0.05) is 0 Å². The van der Waals surface area contributed by atoms with Gasteiger partial charge >= 0.3 is 0 Å². The van der Waals surface area contributed by atoms with Crippen LogP contribution < -0.4 is 23.9 Å². The largest absolute Gasteiger partial charge is 0.494 e. The highest BCUT2D eigenvalue weighted by Crippen LogP contribution is 2.29. The van der Waals surface area contributed by atoms with Crippen molar-refractivity contribution in [1.82, 2.24) is 5.43 Å². The van der Waals surface area contributed by atoms with Gasteiger partial charge in [0.2, 0.25) is 0 Å². The van der Waals surface area contributed by atoms with Crippen molar-refractivity contribution in [1.29, 1.82) is 0 Å². The van der Waals surface area contributed by atoms with Gasteiger partial charge < -0.3 is 14.2 Å². The Kier molecular flexibility index (Phi) is 10.8. The summed E-state index contributed by atoms with van der Waals surface area (Å²) in [4.78, 5) is 13.0. The van der Waals surface area contributed by atoms with Crippen LogP contribution in [0.1, 0.15) is 30.5 Å². The SMILES string of the molecule is CCOc1ccc(N(CC(=O)N/N=C\c2ccc(OCc3ccccc3)c(OCC)c2)S(=O)(=O)c2ccc(C)cc2)cc1. The Hall–Kier alpha value is -4.83. The van der Waals surface area contributed by atoms with Gasteiger partial charge in [0.05, 0.1) is 30.0 Å². The van der Waals surface area contributed by atoms with Crippen LogP contribution in [-0.4, -0.2) is 40.3 Å². The number of nitrogens with one attached hydrogen (secondary N) is 1. The van der Waals surface area contributed by atoms with E-state index in [4.69, 9.17) is 14.2 Å². The van der Waals surface area contributed by atoms with E-state index in [1.54, 1.807) is 54.6 Å². The van der Waals surface area contributed by atoms with Gasteiger partial charge in [0.1, 0.15) is 18.9 Å². The van der Waals surface area contributed by atoms with Gasteiger partial charge in [0.25, 0.3) is 15.9 Å². The Morgan fingerprint density at radius 2 is 1.53 bits per heavy atom. The average molecular weight is 602 g/mol. The highest BCUT2D eigenvalue weighted by atomic mass is 32.2. The van der Waals surface area contributed by atoms with Gasteiger partial charge in [-0.05, 0) is 86.5 Å². The number of ether oxygens (including phenoxy) is 3. The predicted molar refractivity (Wildman–Crippen MR) is 167 cm³/mol. The zero-order chi connectivity index (χ0) is 30.7. The molecule has 0 unspecified atom stereocenters. The van der Waals surface area contributed by atoms with Gasteiger partial charge in [0.15, 0.2) is 11.5 Å². The quantitative estimate of drug-likeness (QED) is 0.146. The molecule has 1 N–H and O–H groups in total. The molecule has 4 rings (SSSR count). The van der Waals surface area contributed by atoms with Crippen molar-refractivity contribution in [2.45, 2.75) is 32.3 Å². The normalized spacial score (nSPS) is 11.2. The first-order valence-electron chi connectivity index (χ1n) is 13.9. The van der Waals surface area contributed by atoms with Crippen molar-refractivity contribution in [3.05, 3.63) is 114 Å². The van der Waals surface area contributed by atoms with Gasteiger partial charge in [-0.15, -0.1) is 0 Å². The minimum atomic E-state index is -4.06. The number of benzene rings is 4. The van der Waals surface area contributed by atoms with Crippen LogP contribution in [0.2, 0.25) is 0 Å². The van der Waals surface area contributed by atoms with E-state index in [2.05, 4.69) is 10.5 Å². The molecular formula is C33H35N3O6S. The standard InChI is InChI=1S/C33H35N3O6S/c1-4-40-29-16-14-28(15-17-29)36(43(38,39)30-18-11-25(3)12-19-30)23-33(37)35-34-22-27-13-20-31(32(21-27)41-5-2)42-24-26-9-7-6-8-10-26/h6-22H,4-5,23-24H2,1-3H3,(H,35,37)/b34-22-. The predicted octanol–water partition coefficient (Wildman–Crippen LogP) is 5.72. The van der Waals surface area contributed by atoms with Crippen molar-refractivity contribution < 1.29 is 27.4 Å². The van der Waals surface area contributed by atoms with Gasteiger partial charge in [-0.2, -0.15) is 5.10 Å². The maximum atomic E-state index is 13.6. The summed E-state index contributed by atoms with van der Waals surface area (Å²) in [6.45, 7) is 6.42. The van der Waals surface area contributed by atoms with Gasteiger partial charge in [-0.25, -0.2) is 13.8 Å². The van der Waals surface area contributed by atoms with E-state index in [1.165, 1.54) is 18.3 Å². The molecule has 0 spiro atoms. The first-order chi connectivity index (χ1) is 20.8. The van der Waals surface area contributed by atoms with Crippen LogP contribution in [0, 0.1) is 6.92 Å². The zero-order valence-electron chi connectivity index (χ0n) is 24.4. The van der Waals surface area contributed by atoms with Gasteiger partial charge in [-0.1, -0.05) is 48.0 Å². The highest BCUT2D eigenvalue weighted by molar-refractivity contribution is 7.92. The first-order valence-corrected chi connectivity index (χ1v) is 15.3. The highest BCUT2D eigenvalue weighted by Gasteiger charge is 2.27. The second-order valence-electron chi connectivity index (χ2n) is 9.46. The number of carbonyl (C=O) groups excluding carboxylic acids is 1. The third kappa shape index (κ3) is 8.59. The van der Waals surface area contributed by atoms with Crippen LogP contribution in [0.5, 0.6) is 17.2 Å². The summed E-state index contributed by atoms with van der Waals surface area (Å²) in [5, 5.41) is 4.06. The summed E-state index contributed by atoms with van der Waals surface area (Å²) in [7, 11) is -4.06. The van der Waals surface area contributed by atoms with Crippen LogP contribution in [0.4, 0.5) is 5.69 Å². The maximum Gasteiger partial charge on any atom is 0.264 e. The maximum absolute atomic E-state index is 13.6. The van der Waals surface area contributed by atoms with E-state index in [0.29, 0.717) is 48.3 Å². The van der Waals surface area contributed by atoms with E-state index >= 15 is 0 Å². The number of hydrazone groups is 1. The second kappa shape index (κ2) is 14.9. The van der Waals surface area contributed by atoms with Crippen molar-refractivity contribution in [2.24, 2.45) is 5.10 Å². The van der Waals surface area contributed by atoms with Crippen molar-refractivity contribution >= 4 is 27.8 Å². The number of hydrogen-bond acceptors (Lipinski definition) is 7. The summed E-state index contributed by atoms with van der Waals surface area (Å²) in [6.07, 6.45) is 1.46. The Balaban J connectivity index is 1.48. The lowest BCUT2D eigenvalue weighted by atomic mass is 10.2. The molecule has 10 heteroatoms. The van der Waals surface area contributed by atoms with Crippen molar-refractivity contribution in [3.63, 3.8) is 0 Å². The number of anilines is 1. The molecule has 4 aromatic rings. The van der Waals surface area contributed by atoms with Crippen LogP contribution in [0.25, 0.3) is 0 Å². The fourth-order valence-electron chi connectivity index (χ4n) is 4.10. The number of nitrogens with zero attached hydrogens (tertiary/aromatic N) is 2. The smallest absolute Gasteiger partial charge is 0.264 e. The van der Waals surface area contributed by atoms with E-state index in [0.717, 1.165) is 15.4 Å². The molecule has 0 saturated carbocycles. The minimum absolute atomic E-state index is 0.0707. The molecule has 0 heterocycles. The summed E-state index contributed by atoms with van der Waals surface area (Å²) in [6, 6.07) is 28.1. The fraction of sp³-hybridized carbons (Fsp3) is 0.212. The molecule has 0 aromatic heterocycles. The third-order valence-electron chi connectivity index (χ3n) is 6.24. The average Bonchev–Trinajstić information content (AvgIpc) is 3.01. The van der Waals surface area contributed by atoms with E-state index in [-0.39, 0.29) is 4.90 Å². The van der Waals surface area contributed by atoms with E-state index in [1.807, 2.05) is 51.1 Å². The second-order valence-corrected chi connectivity index (χ2v) is 11.3. The molecule has 4 aromatic carbocycles. The van der Waals surface area contributed by atoms with Crippen molar-refractivity contribution in [3.8, 4) is 17.2 Å². The number of hydrogen-bond donors (Lipinski definition) is 1. The molecule has 224 valence electrons. The topological polar surface area (TPSA) is 107 Å². The number of sulfonamides is 1. The molecular weight excluding hydrogens is 566 g/mol. The van der Waals surface area contributed by atoms with Crippen LogP contribution in [0.3, 0.4) is 0 Å². The lowest BCUT2D eigenvalue weighted by molar-refractivity contribution is -0.119. The number of rotatable bonds is 14. The first kappa shape index (κ1) is 31.1. The lowest BCUT2D eigenvalue weighted by Crippen LogP contribution is -2.39. The molecule has 0 bridgehead atoms. The molecule has 0 atom stereocenters. The Bertz CT molecular complexity index is 1620. The van der Waals surface area contributed by atoms with Crippen LogP contribution in [-0.2, 0) is 21.4 Å². The number of aryl methyl sites for hydroxylation is 1. The molecule has 0 saturated heterocycles. The lowest BCUT2D eigenvalue weighted by Gasteiger charge is -2.24. The summed E-state index contributed by atoms with van der Waals surface area (Å²) in [5.74, 6) is 1.10. The third-order valence-corrected chi connectivity index (χ3v) is 8.03. The van der Waals surface area contributed by atoms with E-state index < -0.39 is 22.5 Å². The molecule has 9 nitrogen and oxygen atoms in total. The van der Waals surface area contributed by atoms with Crippen LogP contribution >= 0.6 is 0 Å². The molecule has 1 amide bonds. The molecule has 0 aliphatic rings. The van der Waals surface area contributed by atoms with E-state index in [9.17, 15) is 13.2 Å². The Labute approximate surface area is 252 Å². The molecule has 43 heavy (non-hydrogen) atoms. The van der Waals surface area contributed by atoms with Crippen LogP contribution in [0.15, 0.2) is 107 Å². The monoisotopic (exact) mass is 601 g/mol. The Morgan fingerprint density at radius 1 is 0.837 bits per heavy atom. The Morgan fingerprint density at radius 3 is 2.21 bits per heavy atom. The van der Waals surface area contributed by atoms with Crippen molar-refractivity contribution in [2.75, 3.05) is 24.1 Å². The molecule has 0 fully saturated rings. The summed E-state index contributed by atoms with van der Waals surface area (Å²) in [5.41, 5.74) is 5.36. The number of carbonyl (C=O) groups is 1. The summed E-state index contributed by atoms with van der Waals surface area (Å²) < 4.78 is 45.4. The minimum Gasteiger partial charge on any atom is -0.494 e.